The van der Waals surface area contributed by atoms with Crippen molar-refractivity contribution in [2.75, 3.05) is 30.6 Å². The van der Waals surface area contributed by atoms with Gasteiger partial charge in [-0.3, -0.25) is 9.59 Å². The van der Waals surface area contributed by atoms with Gasteiger partial charge in [0, 0.05) is 11.5 Å². The van der Waals surface area contributed by atoms with Crippen molar-refractivity contribution in [3.05, 3.63) is 12.3 Å². The molecule has 98 valence electrons. The van der Waals surface area contributed by atoms with Crippen molar-refractivity contribution < 1.29 is 19.1 Å². The summed E-state index contributed by atoms with van der Waals surface area (Å²) in [6, 6.07) is 0. The van der Waals surface area contributed by atoms with E-state index >= 15 is 0 Å². The van der Waals surface area contributed by atoms with Gasteiger partial charge in [-0.25, -0.2) is 0 Å². The summed E-state index contributed by atoms with van der Waals surface area (Å²) in [6.45, 7) is 3.47. The number of carbonyl (C=O) groups excluding carboxylic acids is 2. The van der Waals surface area contributed by atoms with E-state index in [4.69, 9.17) is 9.47 Å². The van der Waals surface area contributed by atoms with Crippen LogP contribution in [-0.4, -0.2) is 42.6 Å². The van der Waals surface area contributed by atoms with E-state index in [0.717, 1.165) is 5.75 Å². The Labute approximate surface area is 110 Å². The molecular weight excluding hydrogens is 260 g/mol. The summed E-state index contributed by atoms with van der Waals surface area (Å²) in [5.41, 5.74) is 0. The molecule has 0 N–H and O–H groups in total. The molecule has 0 aliphatic carbocycles. The minimum atomic E-state index is -0.343. The average Bonchev–Trinajstić information content (AvgIpc) is 2.31. The lowest BCUT2D eigenvalue weighted by Gasteiger charge is -2.07. The fraction of sp³-hybridized carbons (Fsp3) is 0.636. The molecule has 0 aliphatic rings. The van der Waals surface area contributed by atoms with Gasteiger partial charge in [0.1, 0.15) is 12.4 Å². The monoisotopic (exact) mass is 278 g/mol. The van der Waals surface area contributed by atoms with Gasteiger partial charge in [0.2, 0.25) is 0 Å². The molecule has 0 heterocycles. The van der Waals surface area contributed by atoms with Gasteiger partial charge < -0.3 is 9.47 Å². The Hall–Kier alpha value is -0.620. The smallest absolute Gasteiger partial charge is 0.311 e. The highest BCUT2D eigenvalue weighted by molar-refractivity contribution is 7.98. The molecule has 0 unspecified atom stereocenters. The van der Waals surface area contributed by atoms with Crippen LogP contribution in [0.4, 0.5) is 0 Å². The predicted molar refractivity (Wildman–Crippen MR) is 72.2 cm³/mol. The lowest BCUT2D eigenvalue weighted by Crippen LogP contribution is -2.12. The highest BCUT2D eigenvalue weighted by Crippen LogP contribution is 2.03. The lowest BCUT2D eigenvalue weighted by atomic mass is 10.5. The van der Waals surface area contributed by atoms with E-state index in [1.165, 1.54) is 0 Å². The molecule has 0 aliphatic heterocycles. The maximum atomic E-state index is 11.2. The van der Waals surface area contributed by atoms with Gasteiger partial charge >= 0.3 is 11.9 Å². The number of carbonyl (C=O) groups is 2. The van der Waals surface area contributed by atoms with E-state index in [0.29, 0.717) is 18.6 Å². The molecule has 0 aromatic heterocycles. The molecule has 0 aromatic carbocycles. The zero-order valence-electron chi connectivity index (χ0n) is 10.2. The quantitative estimate of drug-likeness (QED) is 0.475. The predicted octanol–water partition coefficient (Wildman–Crippen LogP) is 2.09. The molecule has 0 radical (unpaired) electrons. The van der Waals surface area contributed by atoms with Crippen LogP contribution in [0.2, 0.25) is 0 Å². The van der Waals surface area contributed by atoms with E-state index in [9.17, 15) is 9.59 Å². The lowest BCUT2D eigenvalue weighted by molar-refractivity contribution is -0.147. The average molecular weight is 278 g/mol. The first kappa shape index (κ1) is 16.4. The Morgan fingerprint density at radius 3 is 2.12 bits per heavy atom. The number of rotatable bonds is 9. The zero-order valence-corrected chi connectivity index (χ0v) is 11.8. The molecular formula is C11H18O4S2. The SMILES string of the molecule is C=C(COC(=O)CCSC)OC(=O)CCSC. The largest absolute Gasteiger partial charge is 0.457 e. The minimum Gasteiger partial charge on any atom is -0.457 e. The minimum absolute atomic E-state index is 0.0573. The van der Waals surface area contributed by atoms with Crippen LogP contribution in [0.15, 0.2) is 12.3 Å². The first-order valence-electron chi connectivity index (χ1n) is 5.12. The molecule has 0 fully saturated rings. The number of thioether (sulfide) groups is 2. The molecule has 0 saturated carbocycles. The van der Waals surface area contributed by atoms with Crippen molar-refractivity contribution in [3.8, 4) is 0 Å². The van der Waals surface area contributed by atoms with Crippen molar-refractivity contribution in [1.82, 2.24) is 0 Å². The van der Waals surface area contributed by atoms with Gasteiger partial charge in [-0.2, -0.15) is 23.5 Å². The summed E-state index contributed by atoms with van der Waals surface area (Å²) in [5, 5.41) is 0. The Morgan fingerprint density at radius 2 is 1.59 bits per heavy atom. The van der Waals surface area contributed by atoms with Crippen molar-refractivity contribution in [1.29, 1.82) is 0 Å². The first-order chi connectivity index (χ1) is 8.10. The van der Waals surface area contributed by atoms with E-state index in [1.807, 2.05) is 12.5 Å². The summed E-state index contributed by atoms with van der Waals surface area (Å²) >= 11 is 3.14. The molecule has 4 nitrogen and oxygen atoms in total. The van der Waals surface area contributed by atoms with E-state index < -0.39 is 0 Å². The third-order valence-corrected chi connectivity index (χ3v) is 2.90. The summed E-state index contributed by atoms with van der Waals surface area (Å²) in [4.78, 5) is 22.3. The van der Waals surface area contributed by atoms with Gasteiger partial charge in [0.25, 0.3) is 0 Å². The Balaban J connectivity index is 3.65. The molecule has 0 atom stereocenters. The van der Waals surface area contributed by atoms with Crippen LogP contribution in [0.5, 0.6) is 0 Å². The van der Waals surface area contributed by atoms with E-state index in [-0.39, 0.29) is 24.3 Å². The topological polar surface area (TPSA) is 52.6 Å². The fourth-order valence-corrected chi connectivity index (χ4v) is 1.59. The van der Waals surface area contributed by atoms with Crippen LogP contribution >= 0.6 is 23.5 Å². The van der Waals surface area contributed by atoms with Gasteiger partial charge in [0.15, 0.2) is 0 Å². The number of ether oxygens (including phenoxy) is 2. The second-order valence-electron chi connectivity index (χ2n) is 3.16. The van der Waals surface area contributed by atoms with Gasteiger partial charge in [-0.1, -0.05) is 6.58 Å². The highest BCUT2D eigenvalue weighted by Gasteiger charge is 2.08. The van der Waals surface area contributed by atoms with Gasteiger partial charge in [-0.05, 0) is 12.5 Å². The van der Waals surface area contributed by atoms with Crippen LogP contribution in [-0.2, 0) is 19.1 Å². The number of hydrogen-bond acceptors (Lipinski definition) is 6. The number of hydrogen-bond donors (Lipinski definition) is 0. The summed E-state index contributed by atoms with van der Waals surface area (Å²) < 4.78 is 9.76. The van der Waals surface area contributed by atoms with Crippen molar-refractivity contribution >= 4 is 35.5 Å². The van der Waals surface area contributed by atoms with Crippen molar-refractivity contribution in [2.45, 2.75) is 12.8 Å². The highest BCUT2D eigenvalue weighted by atomic mass is 32.2. The third kappa shape index (κ3) is 10.3. The molecule has 0 spiro atoms. The van der Waals surface area contributed by atoms with Crippen LogP contribution < -0.4 is 0 Å². The molecule has 6 heteroatoms. The van der Waals surface area contributed by atoms with Gasteiger partial charge in [0.05, 0.1) is 12.8 Å². The summed E-state index contributed by atoms with van der Waals surface area (Å²) in [6.07, 6.45) is 4.52. The standard InChI is InChI=1S/C11H18O4S2/c1-9(15-11(13)5-7-17-3)8-14-10(12)4-6-16-2/h1,4-8H2,2-3H3. The Bertz CT molecular complexity index is 266. The van der Waals surface area contributed by atoms with Crippen LogP contribution in [0.25, 0.3) is 0 Å². The van der Waals surface area contributed by atoms with Crippen molar-refractivity contribution in [3.63, 3.8) is 0 Å². The fourth-order valence-electron chi connectivity index (χ4n) is 0.845. The summed E-state index contributed by atoms with van der Waals surface area (Å²) in [7, 11) is 0. The Kier molecular flexibility index (Phi) is 10.1. The van der Waals surface area contributed by atoms with Crippen LogP contribution in [0.3, 0.4) is 0 Å². The maximum Gasteiger partial charge on any atom is 0.311 e. The van der Waals surface area contributed by atoms with E-state index in [2.05, 4.69) is 6.58 Å². The summed E-state index contributed by atoms with van der Waals surface area (Å²) in [5.74, 6) is 0.956. The molecule has 0 amide bonds. The number of esters is 2. The first-order valence-corrected chi connectivity index (χ1v) is 7.91. The van der Waals surface area contributed by atoms with Crippen LogP contribution in [0.1, 0.15) is 12.8 Å². The third-order valence-electron chi connectivity index (χ3n) is 1.67. The molecule has 0 bridgehead atoms. The van der Waals surface area contributed by atoms with Crippen molar-refractivity contribution in [2.24, 2.45) is 0 Å². The zero-order chi connectivity index (χ0) is 13.1. The normalized spacial score (nSPS) is 9.76. The molecule has 0 rings (SSSR count). The maximum absolute atomic E-state index is 11.2. The van der Waals surface area contributed by atoms with E-state index in [1.54, 1.807) is 23.5 Å². The molecule has 17 heavy (non-hydrogen) atoms. The Morgan fingerprint density at radius 1 is 1.06 bits per heavy atom. The molecule has 0 saturated heterocycles. The van der Waals surface area contributed by atoms with Gasteiger partial charge in [-0.15, -0.1) is 0 Å². The molecule has 0 aromatic rings. The second-order valence-corrected chi connectivity index (χ2v) is 5.13. The van der Waals surface area contributed by atoms with Crippen LogP contribution in [0, 0.1) is 0 Å². The second kappa shape index (κ2) is 10.5.